The summed E-state index contributed by atoms with van der Waals surface area (Å²) in [4.78, 5) is 53.1. The Morgan fingerprint density at radius 1 is 0.846 bits per heavy atom. The maximum absolute atomic E-state index is 13.7. The lowest BCUT2D eigenvalue weighted by atomic mass is 9.51. The Balaban J connectivity index is 2.17. The van der Waals surface area contributed by atoms with E-state index in [1.807, 2.05) is 13.8 Å². The summed E-state index contributed by atoms with van der Waals surface area (Å²) in [5, 5.41) is 0. The van der Waals surface area contributed by atoms with Crippen LogP contribution in [0, 0.1) is 34.5 Å². The lowest BCUT2D eigenvalue weighted by Crippen LogP contribution is -2.64. The van der Waals surface area contributed by atoms with E-state index in [2.05, 4.69) is 0 Å². The summed E-state index contributed by atoms with van der Waals surface area (Å²) in [6.07, 6.45) is 1.84. The van der Waals surface area contributed by atoms with Gasteiger partial charge in [0, 0.05) is 11.8 Å². The number of hydrogen-bond acceptors (Lipinski definition) is 6. The molecule has 0 aromatic carbocycles. The lowest BCUT2D eigenvalue weighted by molar-refractivity contribution is -0.185. The first kappa shape index (κ1) is 19.1. The molecule has 0 heterocycles. The van der Waals surface area contributed by atoms with E-state index in [4.69, 9.17) is 9.47 Å². The molecule has 0 N–H and O–H groups in total. The third-order valence-corrected chi connectivity index (χ3v) is 6.91. The lowest BCUT2D eigenvalue weighted by Gasteiger charge is -2.47. The van der Waals surface area contributed by atoms with Crippen LogP contribution in [-0.2, 0) is 28.7 Å². The summed E-state index contributed by atoms with van der Waals surface area (Å²) in [5.41, 5.74) is -2.85. The molecule has 0 aromatic rings. The second kappa shape index (κ2) is 6.46. The van der Waals surface area contributed by atoms with E-state index in [1.165, 1.54) is 0 Å². The van der Waals surface area contributed by atoms with Crippen molar-refractivity contribution in [2.75, 3.05) is 13.2 Å². The first-order chi connectivity index (χ1) is 12.3. The Morgan fingerprint density at radius 2 is 1.19 bits per heavy atom. The molecule has 0 unspecified atom stereocenters. The van der Waals surface area contributed by atoms with Crippen molar-refractivity contribution in [3.05, 3.63) is 0 Å². The number of ether oxygens (including phenoxy) is 2. The van der Waals surface area contributed by atoms with Gasteiger partial charge in [-0.25, -0.2) is 0 Å². The second-order valence-corrected chi connectivity index (χ2v) is 8.10. The highest BCUT2D eigenvalue weighted by molar-refractivity contribution is 6.21. The van der Waals surface area contributed by atoms with Crippen LogP contribution in [0.2, 0.25) is 0 Å². The molecule has 0 bridgehead atoms. The number of carbonyl (C=O) groups excluding carboxylic acids is 4. The predicted molar refractivity (Wildman–Crippen MR) is 91.9 cm³/mol. The number of fused-ring (bicyclic) bond motifs is 2. The van der Waals surface area contributed by atoms with E-state index in [0.29, 0.717) is 25.7 Å². The Hall–Kier alpha value is -1.72. The van der Waals surface area contributed by atoms with Crippen molar-refractivity contribution in [3.8, 4) is 0 Å². The molecule has 3 aliphatic rings. The van der Waals surface area contributed by atoms with Crippen LogP contribution in [0.1, 0.15) is 53.4 Å². The van der Waals surface area contributed by atoms with Crippen LogP contribution < -0.4 is 0 Å². The van der Waals surface area contributed by atoms with Crippen molar-refractivity contribution in [2.45, 2.75) is 53.4 Å². The molecule has 0 aromatic heterocycles. The number of Topliss-reactive ketones (excluding diaryl/α,β-unsaturated/α-hetero) is 2. The summed E-state index contributed by atoms with van der Waals surface area (Å²) in [6, 6.07) is 0. The fourth-order valence-electron chi connectivity index (χ4n) is 5.78. The first-order valence-electron chi connectivity index (χ1n) is 9.72. The molecule has 26 heavy (non-hydrogen) atoms. The van der Waals surface area contributed by atoms with E-state index in [1.54, 1.807) is 13.8 Å². The van der Waals surface area contributed by atoms with Crippen LogP contribution >= 0.6 is 0 Å². The molecule has 0 aliphatic heterocycles. The highest BCUT2D eigenvalue weighted by Gasteiger charge is 2.75. The van der Waals surface area contributed by atoms with Gasteiger partial charge in [0.05, 0.1) is 13.2 Å². The van der Waals surface area contributed by atoms with Gasteiger partial charge in [-0.05, 0) is 51.4 Å². The zero-order valence-electron chi connectivity index (χ0n) is 16.0. The molecule has 6 heteroatoms. The monoisotopic (exact) mass is 364 g/mol. The molecule has 0 saturated heterocycles. The van der Waals surface area contributed by atoms with Gasteiger partial charge >= 0.3 is 11.9 Å². The number of rotatable bonds is 4. The zero-order valence-corrected chi connectivity index (χ0v) is 16.0. The number of ketones is 2. The van der Waals surface area contributed by atoms with Crippen LogP contribution in [-0.4, -0.2) is 36.7 Å². The van der Waals surface area contributed by atoms with E-state index in [-0.39, 0.29) is 36.6 Å². The molecule has 3 saturated carbocycles. The van der Waals surface area contributed by atoms with Gasteiger partial charge < -0.3 is 9.47 Å². The smallest absolute Gasteiger partial charge is 0.320 e. The summed E-state index contributed by atoms with van der Waals surface area (Å²) < 4.78 is 10.5. The minimum Gasteiger partial charge on any atom is -0.465 e. The maximum atomic E-state index is 13.7. The molecule has 3 rings (SSSR count). The van der Waals surface area contributed by atoms with Gasteiger partial charge in [-0.1, -0.05) is 13.8 Å². The summed E-state index contributed by atoms with van der Waals surface area (Å²) in [6.45, 7) is 7.47. The number of hydrogen-bond donors (Lipinski definition) is 0. The Labute approximate surface area is 154 Å². The second-order valence-electron chi connectivity index (χ2n) is 8.10. The summed E-state index contributed by atoms with van der Waals surface area (Å²) >= 11 is 0. The molecule has 6 nitrogen and oxygen atoms in total. The van der Waals surface area contributed by atoms with Gasteiger partial charge in [-0.2, -0.15) is 0 Å². The largest absolute Gasteiger partial charge is 0.465 e. The molecule has 0 spiro atoms. The van der Waals surface area contributed by atoms with Crippen molar-refractivity contribution in [1.29, 1.82) is 0 Å². The van der Waals surface area contributed by atoms with Crippen molar-refractivity contribution in [2.24, 2.45) is 34.5 Å². The Bertz CT molecular complexity index is 599. The average Bonchev–Trinajstić information content (AvgIpc) is 3.13. The topological polar surface area (TPSA) is 86.7 Å². The van der Waals surface area contributed by atoms with Gasteiger partial charge in [0.1, 0.15) is 10.8 Å². The quantitative estimate of drug-likeness (QED) is 0.562. The third-order valence-electron chi connectivity index (χ3n) is 6.91. The summed E-state index contributed by atoms with van der Waals surface area (Å²) in [5.74, 6) is -3.60. The Morgan fingerprint density at radius 3 is 1.50 bits per heavy atom. The van der Waals surface area contributed by atoms with Crippen LogP contribution in [0.25, 0.3) is 0 Å². The summed E-state index contributed by atoms with van der Waals surface area (Å²) in [7, 11) is 0. The van der Waals surface area contributed by atoms with Crippen molar-refractivity contribution in [3.63, 3.8) is 0 Å². The zero-order chi connectivity index (χ0) is 19.3. The van der Waals surface area contributed by atoms with Crippen LogP contribution in [0.5, 0.6) is 0 Å². The van der Waals surface area contributed by atoms with Gasteiger partial charge in [0.15, 0.2) is 11.6 Å². The first-order valence-corrected chi connectivity index (χ1v) is 9.72. The van der Waals surface area contributed by atoms with Gasteiger partial charge in [-0.3, -0.25) is 19.2 Å². The van der Waals surface area contributed by atoms with Crippen molar-refractivity contribution < 1.29 is 28.7 Å². The predicted octanol–water partition coefficient (Wildman–Crippen LogP) is 2.33. The van der Waals surface area contributed by atoms with Crippen LogP contribution in [0.15, 0.2) is 0 Å². The van der Waals surface area contributed by atoms with Crippen LogP contribution in [0.3, 0.4) is 0 Å². The highest BCUT2D eigenvalue weighted by atomic mass is 16.5. The van der Waals surface area contributed by atoms with Gasteiger partial charge in [-0.15, -0.1) is 0 Å². The van der Waals surface area contributed by atoms with E-state index >= 15 is 0 Å². The fraction of sp³-hybridized carbons (Fsp3) is 0.800. The minimum absolute atomic E-state index is 0.140. The number of esters is 2. The SMILES string of the molecule is CCOC(=O)[C@@]12CC[C@@H](C)[C@@H]1C(=O)[C@]1(C(=O)OCC)CC[C@@H](C)[C@@H]1C2=O. The molecular formula is C20H28O6. The number of carbonyl (C=O) groups is 4. The molecule has 0 radical (unpaired) electrons. The van der Waals surface area contributed by atoms with Crippen molar-refractivity contribution in [1.82, 2.24) is 0 Å². The van der Waals surface area contributed by atoms with E-state index in [0.717, 1.165) is 0 Å². The minimum atomic E-state index is -1.42. The third kappa shape index (κ3) is 2.16. The Kier molecular flexibility index (Phi) is 4.74. The van der Waals surface area contributed by atoms with Gasteiger partial charge in [0.2, 0.25) is 0 Å². The van der Waals surface area contributed by atoms with Crippen LogP contribution in [0.4, 0.5) is 0 Å². The average molecular weight is 364 g/mol. The molecule has 144 valence electrons. The van der Waals surface area contributed by atoms with Crippen molar-refractivity contribution >= 4 is 23.5 Å². The molecule has 3 fully saturated rings. The molecule has 3 aliphatic carbocycles. The molecule has 0 amide bonds. The van der Waals surface area contributed by atoms with E-state index in [9.17, 15) is 19.2 Å². The highest BCUT2D eigenvalue weighted by Crippen LogP contribution is 2.63. The van der Waals surface area contributed by atoms with E-state index < -0.39 is 34.6 Å². The maximum Gasteiger partial charge on any atom is 0.320 e. The molecular weight excluding hydrogens is 336 g/mol. The standard InChI is InChI=1S/C20H28O6/c1-5-25-17(23)19-9-7-11(3)13(19)16(22)20(18(24)26-6-2)10-8-12(4)14(20)15(19)21/h11-14H,5-10H2,1-4H3/t11-,12-,13-,14-,19+,20+/m1/s1. The molecule has 6 atom stereocenters. The fourth-order valence-corrected chi connectivity index (χ4v) is 5.78. The normalized spacial score (nSPS) is 41.5. The van der Waals surface area contributed by atoms with Gasteiger partial charge in [0.25, 0.3) is 0 Å².